The zero-order valence-electron chi connectivity index (χ0n) is 20.1. The first-order valence-corrected chi connectivity index (χ1v) is 12.3. The van der Waals surface area contributed by atoms with Crippen LogP contribution in [0, 0.1) is 11.7 Å². The predicted octanol–water partition coefficient (Wildman–Crippen LogP) is 3.03. The molecule has 10 heteroatoms. The van der Waals surface area contributed by atoms with Gasteiger partial charge in [-0.25, -0.2) is 4.39 Å². The Bertz CT molecular complexity index is 1290. The summed E-state index contributed by atoms with van der Waals surface area (Å²) >= 11 is 0. The first kappa shape index (κ1) is 24.5. The number of halogens is 1. The van der Waals surface area contributed by atoms with Gasteiger partial charge in [0.15, 0.2) is 11.5 Å². The monoisotopic (exact) mass is 506 g/mol. The summed E-state index contributed by atoms with van der Waals surface area (Å²) in [6, 6.07) is 14.2. The molecule has 3 aromatic rings. The number of carbonyl (C=O) groups is 3. The zero-order chi connectivity index (χ0) is 25.8. The average Bonchev–Trinajstić information content (AvgIpc) is 3.31. The fourth-order valence-electron chi connectivity index (χ4n) is 4.64. The number of amides is 3. The lowest BCUT2D eigenvalue weighted by Gasteiger charge is -2.25. The molecule has 0 aliphatic carbocycles. The number of carbonyl (C=O) groups excluding carboxylic acids is 3. The molecule has 2 aliphatic heterocycles. The van der Waals surface area contributed by atoms with Gasteiger partial charge < -0.3 is 24.8 Å². The summed E-state index contributed by atoms with van der Waals surface area (Å²) in [4.78, 5) is 41.1. The lowest BCUT2D eigenvalue weighted by molar-refractivity contribution is -0.125. The summed E-state index contributed by atoms with van der Waals surface area (Å²) in [6.07, 6.45) is 1.44. The van der Waals surface area contributed by atoms with E-state index >= 15 is 0 Å². The third-order valence-corrected chi connectivity index (χ3v) is 6.59. The lowest BCUT2D eigenvalue weighted by atomic mass is 10.0. The smallest absolute Gasteiger partial charge is 0.276 e. The quantitative estimate of drug-likeness (QED) is 0.553. The Hall–Kier alpha value is -4.21. The second kappa shape index (κ2) is 10.8. The molecular formula is C27H27FN4O5. The van der Waals surface area contributed by atoms with Crippen LogP contribution in [0.3, 0.4) is 0 Å². The number of benzene rings is 2. The summed E-state index contributed by atoms with van der Waals surface area (Å²) in [6.45, 7) is 0.958. The molecule has 37 heavy (non-hydrogen) atoms. The van der Waals surface area contributed by atoms with E-state index in [1.54, 1.807) is 6.07 Å². The molecule has 2 aromatic carbocycles. The number of hydrogen-bond acceptors (Lipinski definition) is 6. The number of fused-ring (bicyclic) bond motifs is 4. The molecule has 9 nitrogen and oxygen atoms in total. The lowest BCUT2D eigenvalue weighted by Crippen LogP contribution is -2.46. The van der Waals surface area contributed by atoms with Crippen LogP contribution in [0.4, 0.5) is 4.39 Å². The highest BCUT2D eigenvalue weighted by Gasteiger charge is 2.33. The number of nitrogens with one attached hydrogen (secondary N) is 2. The van der Waals surface area contributed by atoms with E-state index in [0.717, 1.165) is 11.6 Å². The highest BCUT2D eigenvalue weighted by Crippen LogP contribution is 2.25. The van der Waals surface area contributed by atoms with Gasteiger partial charge in [-0.1, -0.05) is 35.5 Å². The number of rotatable bonds is 2. The summed E-state index contributed by atoms with van der Waals surface area (Å²) in [5, 5.41) is 9.80. The summed E-state index contributed by atoms with van der Waals surface area (Å²) in [7, 11) is 0. The van der Waals surface area contributed by atoms with Crippen molar-refractivity contribution >= 4 is 17.7 Å². The Labute approximate surface area is 213 Å². The Morgan fingerprint density at radius 1 is 1.05 bits per heavy atom. The molecule has 2 N–H and O–H groups in total. The van der Waals surface area contributed by atoms with Gasteiger partial charge in [0.05, 0.1) is 18.1 Å². The predicted molar refractivity (Wildman–Crippen MR) is 131 cm³/mol. The minimum Gasteiger partial charge on any atom is -0.493 e. The van der Waals surface area contributed by atoms with E-state index in [0.29, 0.717) is 31.6 Å². The van der Waals surface area contributed by atoms with Crippen molar-refractivity contribution in [2.45, 2.75) is 25.3 Å². The number of hydrogen-bond donors (Lipinski definition) is 2. The molecular weight excluding hydrogens is 479 g/mol. The van der Waals surface area contributed by atoms with Gasteiger partial charge in [-0.3, -0.25) is 14.4 Å². The van der Waals surface area contributed by atoms with Gasteiger partial charge in [0.25, 0.3) is 11.8 Å². The standard InChI is InChI=1S/C27H27FN4O5/c28-19-8-10-23-21(13-19)26(34)30-20-9-7-18(25(33)29-11-4-12-36-23)15-32(16-20)27(35)22-14-24(37-31-22)17-5-2-1-3-6-17/h1-3,5-6,8,10,13-14,18,20H,4,7,9,11-12,15-16H2,(H,29,33)(H,30,34)/t18-,20+/m0/s1. The molecule has 1 fully saturated rings. The van der Waals surface area contributed by atoms with Crippen molar-refractivity contribution < 1.29 is 28.0 Å². The number of likely N-dealkylation sites (tertiary alicyclic amines) is 1. The van der Waals surface area contributed by atoms with Crippen LogP contribution in [0.15, 0.2) is 59.1 Å². The van der Waals surface area contributed by atoms with Gasteiger partial charge in [0, 0.05) is 37.3 Å². The topological polar surface area (TPSA) is 114 Å². The Morgan fingerprint density at radius 3 is 2.73 bits per heavy atom. The molecule has 3 amide bonds. The van der Waals surface area contributed by atoms with Crippen LogP contribution in [-0.2, 0) is 4.79 Å². The maximum absolute atomic E-state index is 14.0. The maximum Gasteiger partial charge on any atom is 0.276 e. The molecule has 1 aromatic heterocycles. The van der Waals surface area contributed by atoms with E-state index in [2.05, 4.69) is 15.8 Å². The number of aromatic nitrogens is 1. The molecule has 2 atom stereocenters. The minimum absolute atomic E-state index is 0.0868. The Kier molecular flexibility index (Phi) is 7.16. The molecule has 0 unspecified atom stereocenters. The highest BCUT2D eigenvalue weighted by atomic mass is 19.1. The first-order chi connectivity index (χ1) is 18.0. The molecule has 5 rings (SSSR count). The van der Waals surface area contributed by atoms with Crippen molar-refractivity contribution in [2.24, 2.45) is 5.92 Å². The van der Waals surface area contributed by atoms with E-state index in [9.17, 15) is 18.8 Å². The largest absolute Gasteiger partial charge is 0.493 e. The third kappa shape index (κ3) is 5.63. The third-order valence-electron chi connectivity index (χ3n) is 6.59. The van der Waals surface area contributed by atoms with Crippen molar-refractivity contribution in [1.82, 2.24) is 20.7 Å². The number of ether oxygens (including phenoxy) is 1. The van der Waals surface area contributed by atoms with Crippen molar-refractivity contribution in [3.8, 4) is 17.1 Å². The second-order valence-electron chi connectivity index (χ2n) is 9.23. The maximum atomic E-state index is 14.0. The van der Waals surface area contributed by atoms with Crippen LogP contribution in [0.25, 0.3) is 11.3 Å². The zero-order valence-corrected chi connectivity index (χ0v) is 20.1. The van der Waals surface area contributed by atoms with Gasteiger partial charge in [0.2, 0.25) is 5.91 Å². The van der Waals surface area contributed by atoms with E-state index in [4.69, 9.17) is 9.26 Å². The Balaban J connectivity index is 1.41. The molecule has 0 saturated carbocycles. The van der Waals surface area contributed by atoms with E-state index in [1.807, 2.05) is 30.3 Å². The molecule has 2 bridgehead atoms. The molecule has 192 valence electrons. The van der Waals surface area contributed by atoms with E-state index in [1.165, 1.54) is 17.0 Å². The highest BCUT2D eigenvalue weighted by molar-refractivity contribution is 5.97. The fourth-order valence-corrected chi connectivity index (χ4v) is 4.64. The van der Waals surface area contributed by atoms with E-state index in [-0.39, 0.29) is 42.6 Å². The first-order valence-electron chi connectivity index (χ1n) is 12.3. The van der Waals surface area contributed by atoms with Crippen LogP contribution in [-0.4, -0.2) is 60.1 Å². The molecule has 3 heterocycles. The molecule has 1 saturated heterocycles. The Morgan fingerprint density at radius 2 is 1.89 bits per heavy atom. The van der Waals surface area contributed by atoms with Crippen LogP contribution in [0.2, 0.25) is 0 Å². The van der Waals surface area contributed by atoms with Crippen LogP contribution < -0.4 is 15.4 Å². The van der Waals surface area contributed by atoms with Crippen LogP contribution >= 0.6 is 0 Å². The average molecular weight is 507 g/mol. The SMILES string of the molecule is O=C1N[C@@H]2CC[C@@H](CN(C(=O)c3cc(-c4ccccc4)on3)C2)C(=O)NCCCOc2ccc(F)cc21. The summed E-state index contributed by atoms with van der Waals surface area (Å²) < 4.78 is 25.1. The van der Waals surface area contributed by atoms with Crippen molar-refractivity contribution in [1.29, 1.82) is 0 Å². The molecule has 0 spiro atoms. The van der Waals surface area contributed by atoms with Crippen LogP contribution in [0.1, 0.15) is 40.1 Å². The van der Waals surface area contributed by atoms with Crippen molar-refractivity contribution in [2.75, 3.05) is 26.2 Å². The second-order valence-corrected chi connectivity index (χ2v) is 9.23. The van der Waals surface area contributed by atoms with E-state index < -0.39 is 29.6 Å². The van der Waals surface area contributed by atoms with Gasteiger partial charge in [0.1, 0.15) is 11.6 Å². The molecule has 0 radical (unpaired) electrons. The summed E-state index contributed by atoms with van der Waals surface area (Å²) in [5.74, 6) is -1.35. The van der Waals surface area contributed by atoms with Crippen molar-refractivity contribution in [3.63, 3.8) is 0 Å². The van der Waals surface area contributed by atoms with Gasteiger partial charge >= 0.3 is 0 Å². The van der Waals surface area contributed by atoms with Gasteiger partial charge in [-0.2, -0.15) is 0 Å². The van der Waals surface area contributed by atoms with Gasteiger partial charge in [-0.15, -0.1) is 0 Å². The normalized spacial score (nSPS) is 20.6. The minimum atomic E-state index is -0.552. The number of nitrogens with zero attached hydrogens (tertiary/aromatic N) is 2. The van der Waals surface area contributed by atoms with Gasteiger partial charge in [-0.05, 0) is 37.5 Å². The fraction of sp³-hybridized carbons (Fsp3) is 0.333. The summed E-state index contributed by atoms with van der Waals surface area (Å²) in [5.41, 5.74) is 0.985. The van der Waals surface area contributed by atoms with Crippen LogP contribution in [0.5, 0.6) is 5.75 Å². The van der Waals surface area contributed by atoms with Crippen molar-refractivity contribution in [3.05, 3.63) is 71.7 Å². The molecule has 2 aliphatic rings.